The van der Waals surface area contributed by atoms with Crippen LogP contribution in [0.25, 0.3) is 0 Å². The fourth-order valence-electron chi connectivity index (χ4n) is 1.60. The molecule has 0 unspecified atom stereocenters. The molecule has 2 rings (SSSR count). The number of hydrogen-bond acceptors (Lipinski definition) is 1. The maximum atomic E-state index is 13.2. The number of hydrogen-bond donors (Lipinski definition) is 1. The normalized spacial score (nSPS) is 16.3. The summed E-state index contributed by atoms with van der Waals surface area (Å²) >= 11 is 0. The monoisotopic (exact) mass is 193 g/mol. The Morgan fingerprint density at radius 2 is 2.14 bits per heavy atom. The fraction of sp³-hybridized carbons (Fsp3) is 0.417. The van der Waals surface area contributed by atoms with Gasteiger partial charge in [0.2, 0.25) is 0 Å². The van der Waals surface area contributed by atoms with Gasteiger partial charge in [-0.05, 0) is 42.0 Å². The van der Waals surface area contributed by atoms with E-state index in [1.54, 1.807) is 6.07 Å². The van der Waals surface area contributed by atoms with E-state index in [0.717, 1.165) is 17.0 Å². The van der Waals surface area contributed by atoms with Gasteiger partial charge in [0, 0.05) is 5.92 Å². The van der Waals surface area contributed by atoms with Crippen molar-refractivity contribution >= 4 is 0 Å². The van der Waals surface area contributed by atoms with Gasteiger partial charge in [-0.2, -0.15) is 0 Å². The van der Waals surface area contributed by atoms with Crippen LogP contribution in [0.3, 0.4) is 0 Å². The van der Waals surface area contributed by atoms with Crippen molar-refractivity contribution in [2.75, 3.05) is 6.61 Å². The molecule has 0 bridgehead atoms. The molecule has 1 N–H and O–H groups in total. The van der Waals surface area contributed by atoms with Crippen molar-refractivity contribution in [3.63, 3.8) is 0 Å². The van der Waals surface area contributed by atoms with E-state index in [9.17, 15) is 4.39 Å². The van der Waals surface area contributed by atoms with Gasteiger partial charge in [0.25, 0.3) is 0 Å². The predicted octanol–water partition coefficient (Wildman–Crippen LogP) is 2.64. The Morgan fingerprint density at radius 3 is 2.71 bits per heavy atom. The van der Waals surface area contributed by atoms with Crippen LogP contribution >= 0.6 is 0 Å². The van der Waals surface area contributed by atoms with Crippen LogP contribution < -0.4 is 0 Å². The lowest BCUT2D eigenvalue weighted by Gasteiger charge is -2.09. The Morgan fingerprint density at radius 1 is 1.43 bits per heavy atom. The first-order valence-electron chi connectivity index (χ1n) is 4.95. The highest BCUT2D eigenvalue weighted by atomic mass is 19.1. The Hall–Kier alpha value is -0.890. The second kappa shape index (κ2) is 3.70. The zero-order chi connectivity index (χ0) is 10.1. The molecule has 1 nitrogen and oxygen atoms in total. The van der Waals surface area contributed by atoms with Gasteiger partial charge in [-0.1, -0.05) is 13.0 Å². The molecule has 0 heterocycles. The van der Waals surface area contributed by atoms with Crippen LogP contribution in [0.5, 0.6) is 0 Å². The summed E-state index contributed by atoms with van der Waals surface area (Å²) in [6.45, 7) is 1.82. The minimum absolute atomic E-state index is 0.00639. The topological polar surface area (TPSA) is 20.2 Å². The van der Waals surface area contributed by atoms with E-state index in [2.05, 4.69) is 0 Å². The van der Waals surface area contributed by atoms with Crippen LogP contribution in [0.15, 0.2) is 18.2 Å². The fourth-order valence-corrected chi connectivity index (χ4v) is 1.60. The minimum atomic E-state index is -0.197. The quantitative estimate of drug-likeness (QED) is 0.782. The molecule has 1 aromatic rings. The van der Waals surface area contributed by atoms with Crippen LogP contribution in [0.1, 0.15) is 36.8 Å². The summed E-state index contributed by atoms with van der Waals surface area (Å²) in [6, 6.07) is 5.08. The summed E-state index contributed by atoms with van der Waals surface area (Å²) < 4.78 is 13.2. The molecule has 1 aliphatic carbocycles. The lowest BCUT2D eigenvalue weighted by Crippen LogP contribution is -2.01. The van der Waals surface area contributed by atoms with Gasteiger partial charge in [-0.25, -0.2) is 4.39 Å². The first kappa shape index (κ1) is 9.66. The molecule has 2 heteroatoms. The van der Waals surface area contributed by atoms with Gasteiger partial charge in [0.15, 0.2) is 0 Å². The SMILES string of the molecule is C[C](CO)c1cc(F)cc(C2CC2)c1. The van der Waals surface area contributed by atoms with E-state index in [-0.39, 0.29) is 12.4 Å². The third-order valence-electron chi connectivity index (χ3n) is 2.70. The third-order valence-corrected chi connectivity index (χ3v) is 2.70. The molecule has 0 aromatic heterocycles. The molecular weight excluding hydrogens is 179 g/mol. The third kappa shape index (κ3) is 1.95. The molecule has 1 aliphatic rings. The van der Waals surface area contributed by atoms with E-state index in [1.165, 1.54) is 18.9 Å². The number of halogens is 1. The highest BCUT2D eigenvalue weighted by molar-refractivity contribution is 5.37. The van der Waals surface area contributed by atoms with E-state index >= 15 is 0 Å². The molecular formula is C12H14FO. The number of rotatable bonds is 3. The molecule has 1 saturated carbocycles. The predicted molar refractivity (Wildman–Crippen MR) is 53.5 cm³/mol. The van der Waals surface area contributed by atoms with Crippen molar-refractivity contribution in [1.82, 2.24) is 0 Å². The Balaban J connectivity index is 2.30. The van der Waals surface area contributed by atoms with Gasteiger partial charge >= 0.3 is 0 Å². The zero-order valence-corrected chi connectivity index (χ0v) is 8.26. The van der Waals surface area contributed by atoms with Crippen LogP contribution in [-0.2, 0) is 0 Å². The van der Waals surface area contributed by atoms with E-state index in [4.69, 9.17) is 5.11 Å². The zero-order valence-electron chi connectivity index (χ0n) is 8.26. The van der Waals surface area contributed by atoms with E-state index in [0.29, 0.717) is 5.92 Å². The minimum Gasteiger partial charge on any atom is -0.395 e. The Labute approximate surface area is 83.6 Å². The molecule has 1 radical (unpaired) electrons. The Kier molecular flexibility index (Phi) is 2.55. The smallest absolute Gasteiger partial charge is 0.123 e. The molecule has 75 valence electrons. The maximum Gasteiger partial charge on any atom is 0.123 e. The largest absolute Gasteiger partial charge is 0.395 e. The summed E-state index contributed by atoms with van der Waals surface area (Å²) in [7, 11) is 0. The molecule has 0 spiro atoms. The summed E-state index contributed by atoms with van der Waals surface area (Å²) in [5.74, 6) is 1.18. The molecule has 0 amide bonds. The van der Waals surface area contributed by atoms with Gasteiger partial charge in [-0.3, -0.25) is 0 Å². The first-order chi connectivity index (χ1) is 6.70. The van der Waals surface area contributed by atoms with Gasteiger partial charge in [0.1, 0.15) is 5.82 Å². The van der Waals surface area contributed by atoms with Crippen molar-refractivity contribution in [3.05, 3.63) is 41.1 Å². The lowest BCUT2D eigenvalue weighted by atomic mass is 9.98. The van der Waals surface area contributed by atoms with Crippen molar-refractivity contribution in [2.24, 2.45) is 0 Å². The van der Waals surface area contributed by atoms with Crippen LogP contribution in [-0.4, -0.2) is 11.7 Å². The molecule has 1 fully saturated rings. The standard InChI is InChI=1S/C12H14FO/c1-8(7-14)10-4-11(9-2-3-9)6-12(13)5-10/h4-6,9,14H,2-3,7H2,1H3. The van der Waals surface area contributed by atoms with Crippen molar-refractivity contribution in [2.45, 2.75) is 25.7 Å². The van der Waals surface area contributed by atoms with E-state index < -0.39 is 0 Å². The van der Waals surface area contributed by atoms with Gasteiger partial charge < -0.3 is 5.11 Å². The molecule has 0 aliphatic heterocycles. The summed E-state index contributed by atoms with van der Waals surface area (Å²) in [5, 5.41) is 8.96. The number of aliphatic hydroxyl groups excluding tert-OH is 1. The Bertz CT molecular complexity index is 331. The van der Waals surface area contributed by atoms with Gasteiger partial charge in [0.05, 0.1) is 6.61 Å². The van der Waals surface area contributed by atoms with Crippen molar-refractivity contribution in [1.29, 1.82) is 0 Å². The molecule has 1 aromatic carbocycles. The van der Waals surface area contributed by atoms with E-state index in [1.807, 2.05) is 13.0 Å². The maximum absolute atomic E-state index is 13.2. The molecule has 14 heavy (non-hydrogen) atoms. The highest BCUT2D eigenvalue weighted by Crippen LogP contribution is 2.41. The summed E-state index contributed by atoms with van der Waals surface area (Å²) in [5.41, 5.74) is 1.90. The number of benzene rings is 1. The molecule has 0 atom stereocenters. The average molecular weight is 193 g/mol. The van der Waals surface area contributed by atoms with Crippen LogP contribution in [0.2, 0.25) is 0 Å². The summed E-state index contributed by atoms with van der Waals surface area (Å²) in [6.07, 6.45) is 2.34. The number of aliphatic hydroxyl groups is 1. The van der Waals surface area contributed by atoms with Crippen molar-refractivity contribution in [3.8, 4) is 0 Å². The highest BCUT2D eigenvalue weighted by Gasteiger charge is 2.24. The first-order valence-corrected chi connectivity index (χ1v) is 4.95. The average Bonchev–Trinajstić information content (AvgIpc) is 2.98. The summed E-state index contributed by atoms with van der Waals surface area (Å²) in [4.78, 5) is 0. The second-order valence-corrected chi connectivity index (χ2v) is 3.99. The van der Waals surface area contributed by atoms with Crippen molar-refractivity contribution < 1.29 is 9.50 Å². The molecule has 0 saturated heterocycles. The lowest BCUT2D eigenvalue weighted by molar-refractivity contribution is 0.315. The van der Waals surface area contributed by atoms with Crippen LogP contribution in [0, 0.1) is 11.7 Å². The van der Waals surface area contributed by atoms with Gasteiger partial charge in [-0.15, -0.1) is 0 Å². The second-order valence-electron chi connectivity index (χ2n) is 3.99. The van der Waals surface area contributed by atoms with Crippen LogP contribution in [0.4, 0.5) is 4.39 Å².